The number of halogens is 1. The van der Waals surface area contributed by atoms with Crippen LogP contribution in [-0.2, 0) is 9.59 Å². The molecule has 0 radical (unpaired) electrons. The number of rotatable bonds is 4. The third kappa shape index (κ3) is 4.85. The predicted molar refractivity (Wildman–Crippen MR) is 85.1 cm³/mol. The van der Waals surface area contributed by atoms with Crippen LogP contribution in [0.3, 0.4) is 0 Å². The van der Waals surface area contributed by atoms with Gasteiger partial charge in [-0.25, -0.2) is 0 Å². The van der Waals surface area contributed by atoms with E-state index in [1.54, 1.807) is 0 Å². The van der Waals surface area contributed by atoms with Gasteiger partial charge in [0.15, 0.2) is 0 Å². The van der Waals surface area contributed by atoms with Gasteiger partial charge in [0.05, 0.1) is 6.54 Å². The maximum atomic E-state index is 12.2. The molecule has 2 aliphatic rings. The molecular weight excluding hydrogens is 290 g/mol. The van der Waals surface area contributed by atoms with Crippen molar-refractivity contribution in [3.05, 3.63) is 0 Å². The van der Waals surface area contributed by atoms with Crippen LogP contribution in [0.1, 0.15) is 46.0 Å². The van der Waals surface area contributed by atoms with Crippen molar-refractivity contribution >= 4 is 24.2 Å². The lowest BCUT2D eigenvalue weighted by Crippen LogP contribution is -2.50. The molecule has 2 fully saturated rings. The summed E-state index contributed by atoms with van der Waals surface area (Å²) in [6.45, 7) is 3.89. The number of carbonyl (C=O) groups is 2. The fourth-order valence-electron chi connectivity index (χ4n) is 3.69. The van der Waals surface area contributed by atoms with E-state index in [2.05, 4.69) is 10.6 Å². The first-order chi connectivity index (χ1) is 9.47. The van der Waals surface area contributed by atoms with Crippen molar-refractivity contribution in [1.82, 2.24) is 10.6 Å². The average Bonchev–Trinajstić information content (AvgIpc) is 2.34. The first kappa shape index (κ1) is 18.2. The molecule has 5 nitrogen and oxygen atoms in total. The fraction of sp³-hybridized carbons (Fsp3) is 0.867. The van der Waals surface area contributed by atoms with Gasteiger partial charge in [0, 0.05) is 18.0 Å². The normalized spacial score (nSPS) is 31.2. The van der Waals surface area contributed by atoms with Crippen LogP contribution in [0, 0.1) is 17.8 Å². The molecule has 4 N–H and O–H groups in total. The van der Waals surface area contributed by atoms with E-state index in [1.165, 1.54) is 6.42 Å². The maximum absolute atomic E-state index is 12.2. The van der Waals surface area contributed by atoms with E-state index >= 15 is 0 Å². The third-order valence-electron chi connectivity index (χ3n) is 4.66. The third-order valence-corrected chi connectivity index (χ3v) is 4.66. The second-order valence-corrected chi connectivity index (χ2v) is 6.64. The van der Waals surface area contributed by atoms with E-state index in [1.807, 2.05) is 13.8 Å². The predicted octanol–water partition coefficient (Wildman–Crippen LogP) is 1.20. The number of nitrogens with two attached hydrogens (primary N) is 1. The van der Waals surface area contributed by atoms with E-state index < -0.39 is 0 Å². The molecule has 21 heavy (non-hydrogen) atoms. The van der Waals surface area contributed by atoms with Gasteiger partial charge in [-0.3, -0.25) is 9.59 Å². The van der Waals surface area contributed by atoms with Crippen molar-refractivity contribution in [2.45, 2.75) is 58.0 Å². The summed E-state index contributed by atoms with van der Waals surface area (Å²) in [7, 11) is 0. The first-order valence-corrected chi connectivity index (χ1v) is 7.80. The van der Waals surface area contributed by atoms with Gasteiger partial charge in [-0.15, -0.1) is 12.4 Å². The quantitative estimate of drug-likeness (QED) is 0.728. The number of fused-ring (bicyclic) bond motifs is 2. The minimum atomic E-state index is -0.124. The fourth-order valence-corrected chi connectivity index (χ4v) is 3.69. The molecule has 2 amide bonds. The van der Waals surface area contributed by atoms with E-state index in [0.29, 0.717) is 11.8 Å². The molecule has 0 aromatic carbocycles. The Morgan fingerprint density at radius 2 is 1.76 bits per heavy atom. The van der Waals surface area contributed by atoms with Gasteiger partial charge in [0.1, 0.15) is 0 Å². The molecule has 0 aliphatic heterocycles. The van der Waals surface area contributed by atoms with Crippen LogP contribution >= 0.6 is 12.4 Å². The van der Waals surface area contributed by atoms with Gasteiger partial charge in [0.2, 0.25) is 11.8 Å². The van der Waals surface area contributed by atoms with Crippen LogP contribution < -0.4 is 16.4 Å². The molecule has 2 saturated carbocycles. The molecule has 2 aliphatic carbocycles. The summed E-state index contributed by atoms with van der Waals surface area (Å²) in [5.74, 6) is 0.913. The Morgan fingerprint density at radius 3 is 2.29 bits per heavy atom. The Bertz CT molecular complexity index is 362. The monoisotopic (exact) mass is 317 g/mol. The van der Waals surface area contributed by atoms with E-state index in [9.17, 15) is 9.59 Å². The van der Waals surface area contributed by atoms with Crippen molar-refractivity contribution in [2.24, 2.45) is 23.5 Å². The van der Waals surface area contributed by atoms with Gasteiger partial charge in [-0.05, 0) is 51.4 Å². The van der Waals surface area contributed by atoms with Crippen molar-refractivity contribution in [2.75, 3.05) is 6.54 Å². The van der Waals surface area contributed by atoms with Gasteiger partial charge in [-0.2, -0.15) is 0 Å². The van der Waals surface area contributed by atoms with Crippen molar-refractivity contribution in [3.63, 3.8) is 0 Å². The van der Waals surface area contributed by atoms with Crippen molar-refractivity contribution in [3.8, 4) is 0 Å². The molecule has 2 bridgehead atoms. The molecular formula is C15H28ClN3O2. The summed E-state index contributed by atoms with van der Waals surface area (Å²) in [5, 5.41) is 5.54. The minimum Gasteiger partial charge on any atom is -0.352 e. The molecule has 0 spiro atoms. The van der Waals surface area contributed by atoms with Gasteiger partial charge < -0.3 is 16.4 Å². The Morgan fingerprint density at radius 1 is 1.19 bits per heavy atom. The minimum absolute atomic E-state index is 0. The number of hydrogen-bond donors (Lipinski definition) is 3. The molecule has 122 valence electrons. The highest BCUT2D eigenvalue weighted by molar-refractivity contribution is 5.86. The highest BCUT2D eigenvalue weighted by Gasteiger charge is 2.40. The summed E-state index contributed by atoms with van der Waals surface area (Å²) >= 11 is 0. The summed E-state index contributed by atoms with van der Waals surface area (Å²) < 4.78 is 0. The second kappa shape index (κ2) is 7.99. The lowest BCUT2D eigenvalue weighted by Gasteiger charge is -2.43. The lowest BCUT2D eigenvalue weighted by molar-refractivity contribution is -0.130. The molecule has 2 rings (SSSR count). The highest BCUT2D eigenvalue weighted by atomic mass is 35.5. The number of amides is 2. The van der Waals surface area contributed by atoms with E-state index in [-0.39, 0.29) is 48.8 Å². The van der Waals surface area contributed by atoms with Crippen molar-refractivity contribution in [1.29, 1.82) is 0 Å². The van der Waals surface area contributed by atoms with Gasteiger partial charge in [-0.1, -0.05) is 6.42 Å². The Labute approximate surface area is 133 Å². The van der Waals surface area contributed by atoms with Crippen LogP contribution in [0.2, 0.25) is 0 Å². The summed E-state index contributed by atoms with van der Waals surface area (Å²) in [6.07, 6.45) is 5.31. The number of nitrogens with one attached hydrogen (secondary N) is 2. The number of carbonyl (C=O) groups excluding carboxylic acids is 2. The van der Waals surface area contributed by atoms with Crippen LogP contribution in [0.15, 0.2) is 0 Å². The summed E-state index contributed by atoms with van der Waals surface area (Å²) in [5.41, 5.74) is 6.23. The summed E-state index contributed by atoms with van der Waals surface area (Å²) in [4.78, 5) is 23.7. The maximum Gasteiger partial charge on any atom is 0.239 e. The zero-order valence-electron chi connectivity index (χ0n) is 12.9. The van der Waals surface area contributed by atoms with Crippen LogP contribution in [0.4, 0.5) is 0 Å². The molecule has 0 aromatic heterocycles. The molecule has 6 heteroatoms. The Hall–Kier alpha value is -0.810. The molecule has 2 atom stereocenters. The second-order valence-electron chi connectivity index (χ2n) is 6.64. The molecule has 0 heterocycles. The average molecular weight is 318 g/mol. The topological polar surface area (TPSA) is 84.2 Å². The largest absolute Gasteiger partial charge is 0.352 e. The molecule has 0 saturated heterocycles. The van der Waals surface area contributed by atoms with E-state index in [0.717, 1.165) is 25.7 Å². The highest BCUT2D eigenvalue weighted by Crippen LogP contribution is 2.41. The van der Waals surface area contributed by atoms with E-state index in [4.69, 9.17) is 5.73 Å². The Balaban J connectivity index is 0.00000220. The number of hydrogen-bond acceptors (Lipinski definition) is 3. The Kier molecular flexibility index (Phi) is 6.94. The van der Waals surface area contributed by atoms with Crippen LogP contribution in [0.5, 0.6) is 0 Å². The van der Waals surface area contributed by atoms with Gasteiger partial charge in [0.25, 0.3) is 0 Å². The smallest absolute Gasteiger partial charge is 0.239 e. The SMILES string of the molecule is CC(C)NC(=O)CNC(=O)C1CC2CCCC(C1)C2N.Cl. The standard InChI is InChI=1S/C15H27N3O2.ClH/c1-9(2)18-13(19)8-17-15(20)12-6-10-4-3-5-11(7-12)14(10)16;/h9-12,14H,3-8,16H2,1-2H3,(H,17,20)(H,18,19);1H. The molecule has 0 aromatic rings. The summed E-state index contributed by atoms with van der Waals surface area (Å²) in [6, 6.07) is 0.378. The van der Waals surface area contributed by atoms with Gasteiger partial charge >= 0.3 is 0 Å². The molecule has 2 unspecified atom stereocenters. The first-order valence-electron chi connectivity index (χ1n) is 7.80. The van der Waals surface area contributed by atoms with Crippen LogP contribution in [0.25, 0.3) is 0 Å². The van der Waals surface area contributed by atoms with Crippen molar-refractivity contribution < 1.29 is 9.59 Å². The zero-order chi connectivity index (χ0) is 14.7. The lowest BCUT2D eigenvalue weighted by atomic mass is 9.65. The zero-order valence-corrected chi connectivity index (χ0v) is 13.7. The van der Waals surface area contributed by atoms with Crippen LogP contribution in [-0.4, -0.2) is 30.4 Å².